The lowest BCUT2D eigenvalue weighted by molar-refractivity contribution is -0.137. The van der Waals surface area contributed by atoms with Gasteiger partial charge >= 0.3 is 12.1 Å². The molecule has 0 radical (unpaired) electrons. The van der Waals surface area contributed by atoms with Crippen LogP contribution in [0, 0.1) is 5.92 Å². The van der Waals surface area contributed by atoms with Crippen molar-refractivity contribution in [1.82, 2.24) is 10.6 Å². The minimum absolute atomic E-state index is 0.00414. The average Bonchev–Trinajstić information content (AvgIpc) is 3.64. The van der Waals surface area contributed by atoms with E-state index in [4.69, 9.17) is 9.84 Å². The third-order valence-corrected chi connectivity index (χ3v) is 7.22. The van der Waals surface area contributed by atoms with E-state index in [9.17, 15) is 14.4 Å². The first-order chi connectivity index (χ1) is 16.3. The Bertz CT molecular complexity index is 1030. The van der Waals surface area contributed by atoms with E-state index in [0.29, 0.717) is 5.92 Å². The largest absolute Gasteiger partial charge is 0.481 e. The predicted octanol–water partition coefficient (Wildman–Crippen LogP) is 4.45. The summed E-state index contributed by atoms with van der Waals surface area (Å²) in [5.41, 5.74) is 4.09. The molecule has 7 heteroatoms. The molecule has 2 aliphatic rings. The van der Waals surface area contributed by atoms with Gasteiger partial charge in [-0.2, -0.15) is 0 Å². The number of carbonyl (C=O) groups is 3. The van der Waals surface area contributed by atoms with Crippen molar-refractivity contribution in [3.05, 3.63) is 59.7 Å². The number of rotatable bonds is 10. The number of hydrogen-bond donors (Lipinski definition) is 3. The van der Waals surface area contributed by atoms with E-state index in [2.05, 4.69) is 22.8 Å². The summed E-state index contributed by atoms with van der Waals surface area (Å²) in [6.45, 7) is 4.15. The molecule has 3 N–H and O–H groups in total. The highest BCUT2D eigenvalue weighted by Crippen LogP contribution is 2.44. The fourth-order valence-corrected chi connectivity index (χ4v) is 4.89. The van der Waals surface area contributed by atoms with E-state index in [1.165, 1.54) is 0 Å². The van der Waals surface area contributed by atoms with Gasteiger partial charge in [-0.25, -0.2) is 4.79 Å². The smallest absolute Gasteiger partial charge is 0.407 e. The van der Waals surface area contributed by atoms with Crippen molar-refractivity contribution in [3.63, 3.8) is 0 Å². The van der Waals surface area contributed by atoms with Gasteiger partial charge in [0.15, 0.2) is 0 Å². The number of ether oxygens (including phenoxy) is 1. The van der Waals surface area contributed by atoms with Crippen LogP contribution in [0.2, 0.25) is 0 Å². The number of benzene rings is 2. The van der Waals surface area contributed by atoms with Crippen molar-refractivity contribution in [2.45, 2.75) is 63.5 Å². The summed E-state index contributed by atoms with van der Waals surface area (Å²) in [7, 11) is 0. The van der Waals surface area contributed by atoms with Crippen molar-refractivity contribution in [2.24, 2.45) is 5.92 Å². The highest BCUT2D eigenvalue weighted by atomic mass is 16.5. The van der Waals surface area contributed by atoms with Gasteiger partial charge in [-0.15, -0.1) is 0 Å². The number of carboxylic acid groups (broad SMARTS) is 1. The lowest BCUT2D eigenvalue weighted by Gasteiger charge is -2.32. The van der Waals surface area contributed by atoms with Crippen molar-refractivity contribution >= 4 is 18.0 Å². The number of hydrogen-bond acceptors (Lipinski definition) is 4. The first kappa shape index (κ1) is 23.8. The Labute approximate surface area is 199 Å². The Kier molecular flexibility index (Phi) is 6.91. The second-order valence-electron chi connectivity index (χ2n) is 9.49. The van der Waals surface area contributed by atoms with Gasteiger partial charge in [-0.1, -0.05) is 55.5 Å². The van der Waals surface area contributed by atoms with Gasteiger partial charge in [-0.3, -0.25) is 9.59 Å². The maximum atomic E-state index is 13.0. The van der Waals surface area contributed by atoms with Gasteiger partial charge in [0.25, 0.3) is 0 Å². The molecule has 2 aromatic carbocycles. The second kappa shape index (κ2) is 9.87. The molecule has 180 valence electrons. The normalized spacial score (nSPS) is 17.1. The number of carboxylic acids is 1. The number of fused-ring (bicyclic) bond motifs is 3. The maximum absolute atomic E-state index is 13.0. The summed E-state index contributed by atoms with van der Waals surface area (Å²) in [4.78, 5) is 36.8. The molecule has 0 aliphatic heterocycles. The SMILES string of the molecule is CCC(C)(NC(=O)C(CCC(=O)O)NC(=O)OCC1c2ccccc2-c2ccccc21)C1CC1. The highest BCUT2D eigenvalue weighted by molar-refractivity contribution is 5.87. The molecule has 1 fully saturated rings. The Morgan fingerprint density at radius 3 is 2.18 bits per heavy atom. The van der Waals surface area contributed by atoms with Crippen LogP contribution in [0.15, 0.2) is 48.5 Å². The summed E-state index contributed by atoms with van der Waals surface area (Å²) in [6, 6.07) is 15.1. The summed E-state index contributed by atoms with van der Waals surface area (Å²) in [5.74, 6) is -1.07. The minimum atomic E-state index is -1.02. The lowest BCUT2D eigenvalue weighted by atomic mass is 9.92. The van der Waals surface area contributed by atoms with E-state index in [1.54, 1.807) is 0 Å². The Morgan fingerprint density at radius 1 is 1.06 bits per heavy atom. The summed E-state index contributed by atoms with van der Waals surface area (Å²) >= 11 is 0. The second-order valence-corrected chi connectivity index (χ2v) is 9.49. The molecule has 2 amide bonds. The van der Waals surface area contributed by atoms with Crippen molar-refractivity contribution in [1.29, 1.82) is 0 Å². The average molecular weight is 465 g/mol. The first-order valence-electron chi connectivity index (χ1n) is 12.0. The molecule has 2 aliphatic carbocycles. The van der Waals surface area contributed by atoms with Gasteiger partial charge in [-0.05, 0) is 60.8 Å². The van der Waals surface area contributed by atoms with E-state index in [1.807, 2.05) is 50.2 Å². The molecular weight excluding hydrogens is 432 g/mol. The van der Waals surface area contributed by atoms with Gasteiger partial charge < -0.3 is 20.5 Å². The molecule has 1 saturated carbocycles. The van der Waals surface area contributed by atoms with Crippen LogP contribution < -0.4 is 10.6 Å². The Morgan fingerprint density at radius 2 is 1.65 bits per heavy atom. The first-order valence-corrected chi connectivity index (χ1v) is 12.0. The van der Waals surface area contributed by atoms with Crippen LogP contribution in [0.4, 0.5) is 4.79 Å². The van der Waals surface area contributed by atoms with Crippen molar-refractivity contribution < 1.29 is 24.2 Å². The lowest BCUT2D eigenvalue weighted by Crippen LogP contribution is -2.55. The molecule has 4 rings (SSSR count). The van der Waals surface area contributed by atoms with Crippen LogP contribution in [0.3, 0.4) is 0 Å². The summed E-state index contributed by atoms with van der Waals surface area (Å²) < 4.78 is 5.57. The number of aliphatic carboxylic acids is 1. The zero-order valence-electron chi connectivity index (χ0n) is 19.7. The predicted molar refractivity (Wildman–Crippen MR) is 128 cm³/mol. The summed E-state index contributed by atoms with van der Waals surface area (Å²) in [5, 5.41) is 14.8. The van der Waals surface area contributed by atoms with Crippen LogP contribution in [0.1, 0.15) is 63.0 Å². The standard InChI is InChI=1S/C27H32N2O5/c1-3-27(2,17-12-13-17)29-25(32)23(14-15-24(30)31)28-26(33)34-16-22-20-10-6-4-8-18(20)19-9-5-7-11-21(19)22/h4-11,17,22-23H,3,12-16H2,1-2H3,(H,28,33)(H,29,32)(H,30,31). The van der Waals surface area contributed by atoms with Crippen LogP contribution in [0.5, 0.6) is 0 Å². The van der Waals surface area contributed by atoms with Crippen LogP contribution in [-0.4, -0.2) is 41.3 Å². The third kappa shape index (κ3) is 5.08. The van der Waals surface area contributed by atoms with Gasteiger partial charge in [0.05, 0.1) is 0 Å². The minimum Gasteiger partial charge on any atom is -0.481 e. The maximum Gasteiger partial charge on any atom is 0.407 e. The molecular formula is C27H32N2O5. The van der Waals surface area contributed by atoms with Crippen LogP contribution in [0.25, 0.3) is 11.1 Å². The molecule has 0 saturated heterocycles. The van der Waals surface area contributed by atoms with Gasteiger partial charge in [0, 0.05) is 17.9 Å². The molecule has 0 spiro atoms. The van der Waals surface area contributed by atoms with Crippen LogP contribution >= 0.6 is 0 Å². The molecule has 2 aromatic rings. The van der Waals surface area contributed by atoms with Gasteiger partial charge in [0.1, 0.15) is 12.6 Å². The molecule has 7 nitrogen and oxygen atoms in total. The van der Waals surface area contributed by atoms with E-state index < -0.39 is 18.1 Å². The topological polar surface area (TPSA) is 105 Å². The number of amides is 2. The molecule has 0 heterocycles. The van der Waals surface area contributed by atoms with Crippen molar-refractivity contribution in [3.8, 4) is 11.1 Å². The number of nitrogens with one attached hydrogen (secondary N) is 2. The van der Waals surface area contributed by atoms with Crippen LogP contribution in [-0.2, 0) is 14.3 Å². The Balaban J connectivity index is 1.42. The molecule has 0 bridgehead atoms. The number of alkyl carbamates (subject to hydrolysis) is 1. The number of carbonyl (C=O) groups excluding carboxylic acids is 2. The van der Waals surface area contributed by atoms with Gasteiger partial charge in [0.2, 0.25) is 5.91 Å². The van der Waals surface area contributed by atoms with E-state index in [0.717, 1.165) is 41.5 Å². The van der Waals surface area contributed by atoms with E-state index in [-0.39, 0.29) is 36.8 Å². The molecule has 0 aromatic heterocycles. The molecule has 2 atom stereocenters. The van der Waals surface area contributed by atoms with E-state index >= 15 is 0 Å². The zero-order valence-corrected chi connectivity index (χ0v) is 19.7. The quantitative estimate of drug-likeness (QED) is 0.482. The Hall–Kier alpha value is -3.35. The van der Waals surface area contributed by atoms with Crippen molar-refractivity contribution in [2.75, 3.05) is 6.61 Å². The molecule has 34 heavy (non-hydrogen) atoms. The molecule has 2 unspecified atom stereocenters. The summed E-state index contributed by atoms with van der Waals surface area (Å²) in [6.07, 6.45) is 1.93. The fraction of sp³-hybridized carbons (Fsp3) is 0.444. The third-order valence-electron chi connectivity index (χ3n) is 7.22. The highest BCUT2D eigenvalue weighted by Gasteiger charge is 2.42. The fourth-order valence-electron chi connectivity index (χ4n) is 4.89. The zero-order chi connectivity index (χ0) is 24.3. The monoisotopic (exact) mass is 464 g/mol.